The first-order chi connectivity index (χ1) is 14.5. The van der Waals surface area contributed by atoms with E-state index in [-0.39, 0.29) is 11.9 Å². The van der Waals surface area contributed by atoms with E-state index in [1.165, 1.54) is 11.3 Å². The lowest BCUT2D eigenvalue weighted by molar-refractivity contribution is -0.143. The van der Waals surface area contributed by atoms with E-state index in [2.05, 4.69) is 10.6 Å². The first-order valence-corrected chi connectivity index (χ1v) is 12.3. The van der Waals surface area contributed by atoms with Crippen LogP contribution >= 0.6 is 11.6 Å². The highest BCUT2D eigenvalue weighted by Gasteiger charge is 2.30. The number of nitrogens with zero attached hydrogens (tertiary/aromatic N) is 1. The van der Waals surface area contributed by atoms with Gasteiger partial charge in [0, 0.05) is 45.2 Å². The Morgan fingerprint density at radius 1 is 1.23 bits per heavy atom. The summed E-state index contributed by atoms with van der Waals surface area (Å²) in [4.78, 5) is 13.2. The number of carbonyl (C=O) groups is 1. The van der Waals surface area contributed by atoms with Gasteiger partial charge in [-0.3, -0.25) is 9.00 Å². The normalized spacial score (nSPS) is 17.0. The molecule has 0 saturated carbocycles. The van der Waals surface area contributed by atoms with E-state index >= 15 is 0 Å². The van der Waals surface area contributed by atoms with Gasteiger partial charge in [-0.15, -0.1) is 0 Å². The predicted molar refractivity (Wildman–Crippen MR) is 122 cm³/mol. The Labute approximate surface area is 184 Å². The minimum Gasteiger partial charge on any atom is -0.466 e. The van der Waals surface area contributed by atoms with Crippen molar-refractivity contribution in [3.05, 3.63) is 64.3 Å². The summed E-state index contributed by atoms with van der Waals surface area (Å²) in [6.45, 7) is 3.14. The third-order valence-electron chi connectivity index (χ3n) is 5.84. The Hall–Kier alpha value is -2.11. The number of halogens is 1. The maximum atomic E-state index is 12.6. The van der Waals surface area contributed by atoms with Crippen LogP contribution in [0.15, 0.2) is 47.4 Å². The maximum absolute atomic E-state index is 12.6. The third-order valence-corrected chi connectivity index (χ3v) is 7.05. The molecule has 2 unspecified atom stereocenters. The highest BCUT2D eigenvalue weighted by atomic mass is 35.5. The fourth-order valence-electron chi connectivity index (χ4n) is 4.65. The van der Waals surface area contributed by atoms with Gasteiger partial charge in [0.15, 0.2) is 0 Å². The number of benzene rings is 2. The monoisotopic (exact) mass is 443 g/mol. The summed E-state index contributed by atoms with van der Waals surface area (Å²) in [5.74, 6) is -0.0522. The van der Waals surface area contributed by atoms with E-state index < -0.39 is 10.8 Å². The molecule has 0 N–H and O–H groups in total. The molecule has 0 fully saturated rings. The molecular formula is C24H26ClNO3S. The van der Waals surface area contributed by atoms with Crippen LogP contribution in [0.4, 0.5) is 0 Å². The number of aryl methyl sites for hydroxylation is 1. The van der Waals surface area contributed by atoms with E-state index in [1.807, 2.05) is 43.3 Å². The van der Waals surface area contributed by atoms with Gasteiger partial charge in [-0.25, -0.2) is 0 Å². The van der Waals surface area contributed by atoms with Gasteiger partial charge in [0.05, 0.1) is 23.8 Å². The molecule has 0 spiro atoms. The van der Waals surface area contributed by atoms with Crippen LogP contribution < -0.4 is 0 Å². The number of aromatic nitrogens is 1. The number of carbonyl (C=O) groups excluding carboxylic acids is 1. The number of hydrogen-bond donors (Lipinski definition) is 0. The highest BCUT2D eigenvalue weighted by Crippen LogP contribution is 2.41. The second-order valence-corrected chi connectivity index (χ2v) is 9.56. The van der Waals surface area contributed by atoms with Crippen LogP contribution in [0.1, 0.15) is 48.9 Å². The van der Waals surface area contributed by atoms with Crippen molar-refractivity contribution >= 4 is 39.3 Å². The minimum atomic E-state index is -1.11. The van der Waals surface area contributed by atoms with Crippen molar-refractivity contribution in [2.75, 3.05) is 12.9 Å². The van der Waals surface area contributed by atoms with E-state index in [1.54, 1.807) is 6.26 Å². The summed E-state index contributed by atoms with van der Waals surface area (Å²) in [6.07, 6.45) is 4.79. The molecule has 6 heteroatoms. The third kappa shape index (κ3) is 4.06. The van der Waals surface area contributed by atoms with Gasteiger partial charge >= 0.3 is 5.97 Å². The van der Waals surface area contributed by atoms with Crippen LogP contribution in [-0.4, -0.2) is 27.6 Å². The molecule has 0 radical (unpaired) electrons. The van der Waals surface area contributed by atoms with Gasteiger partial charge in [0.25, 0.3) is 0 Å². The van der Waals surface area contributed by atoms with Crippen LogP contribution in [0.2, 0.25) is 5.02 Å². The summed E-state index contributed by atoms with van der Waals surface area (Å²) in [5.41, 5.74) is 4.62. The number of rotatable bonds is 6. The van der Waals surface area contributed by atoms with E-state index in [9.17, 15) is 9.00 Å². The molecule has 3 aromatic rings. The molecule has 2 aromatic carbocycles. The number of hydrogen-bond acceptors (Lipinski definition) is 3. The second kappa shape index (κ2) is 8.94. The van der Waals surface area contributed by atoms with Crippen molar-refractivity contribution in [2.24, 2.45) is 0 Å². The second-order valence-electron chi connectivity index (χ2n) is 7.77. The van der Waals surface area contributed by atoms with Crippen LogP contribution in [0.3, 0.4) is 0 Å². The van der Waals surface area contributed by atoms with E-state index in [0.29, 0.717) is 24.5 Å². The smallest absolute Gasteiger partial charge is 0.306 e. The summed E-state index contributed by atoms with van der Waals surface area (Å²) in [6, 6.07) is 13.9. The first kappa shape index (κ1) is 21.1. The molecule has 0 bridgehead atoms. The van der Waals surface area contributed by atoms with Crippen LogP contribution in [0, 0.1) is 0 Å². The Bertz CT molecular complexity index is 1100. The molecular weight excluding hydrogens is 418 g/mol. The quantitative estimate of drug-likeness (QED) is 0.475. The van der Waals surface area contributed by atoms with Gasteiger partial charge in [-0.1, -0.05) is 29.8 Å². The van der Waals surface area contributed by atoms with E-state index in [0.717, 1.165) is 40.7 Å². The summed E-state index contributed by atoms with van der Waals surface area (Å²) in [5, 5.41) is 1.78. The average molecular weight is 444 g/mol. The van der Waals surface area contributed by atoms with Gasteiger partial charge in [0.2, 0.25) is 0 Å². The Kier molecular flexibility index (Phi) is 6.30. The van der Waals surface area contributed by atoms with Crippen molar-refractivity contribution < 1.29 is 13.7 Å². The number of esters is 1. The fourth-order valence-corrected chi connectivity index (χ4v) is 5.56. The van der Waals surface area contributed by atoms with Crippen molar-refractivity contribution in [2.45, 2.75) is 50.0 Å². The summed E-state index contributed by atoms with van der Waals surface area (Å²) < 4.78 is 20.2. The molecule has 4 rings (SSSR count). The zero-order valence-corrected chi connectivity index (χ0v) is 18.9. The lowest BCUT2D eigenvalue weighted by Crippen LogP contribution is -2.20. The zero-order valence-electron chi connectivity index (χ0n) is 17.3. The summed E-state index contributed by atoms with van der Waals surface area (Å²) in [7, 11) is -1.11. The lowest BCUT2D eigenvalue weighted by atomic mass is 9.88. The van der Waals surface area contributed by atoms with Crippen molar-refractivity contribution in [3.8, 4) is 0 Å². The highest BCUT2D eigenvalue weighted by molar-refractivity contribution is 7.84. The van der Waals surface area contributed by atoms with Gasteiger partial charge in [-0.2, -0.15) is 0 Å². The predicted octanol–water partition coefficient (Wildman–Crippen LogP) is 5.45. The molecule has 0 aliphatic carbocycles. The molecule has 2 atom stereocenters. The van der Waals surface area contributed by atoms with Gasteiger partial charge < -0.3 is 9.30 Å². The topological polar surface area (TPSA) is 48.3 Å². The number of fused-ring (bicyclic) bond motifs is 3. The molecule has 158 valence electrons. The van der Waals surface area contributed by atoms with Crippen molar-refractivity contribution in [1.29, 1.82) is 0 Å². The molecule has 0 saturated heterocycles. The minimum absolute atomic E-state index is 0.102. The molecule has 4 nitrogen and oxygen atoms in total. The molecule has 1 aliphatic heterocycles. The fraction of sp³-hybridized carbons (Fsp3) is 0.375. The summed E-state index contributed by atoms with van der Waals surface area (Å²) >= 11 is 6.09. The average Bonchev–Trinajstić information content (AvgIpc) is 3.04. The van der Waals surface area contributed by atoms with Crippen LogP contribution in [0.5, 0.6) is 0 Å². The maximum Gasteiger partial charge on any atom is 0.306 e. The molecule has 30 heavy (non-hydrogen) atoms. The van der Waals surface area contributed by atoms with E-state index in [4.69, 9.17) is 16.3 Å². The first-order valence-electron chi connectivity index (χ1n) is 10.4. The van der Waals surface area contributed by atoms with Crippen LogP contribution in [0.25, 0.3) is 10.9 Å². The van der Waals surface area contributed by atoms with Crippen LogP contribution in [-0.2, 0) is 33.3 Å². The van der Waals surface area contributed by atoms with Crippen molar-refractivity contribution in [1.82, 2.24) is 4.57 Å². The van der Waals surface area contributed by atoms with Gasteiger partial charge in [-0.05, 0) is 61.6 Å². The standard InChI is InChI=1S/C24H26ClNO3S/c1-3-29-22(27)15-17-6-5-13-26-20-7-4-8-21(30(2)28)23(20)19(24(17)26)14-16-9-11-18(25)12-10-16/h4,7-12,17H,3,5-6,13-15H2,1-2H3. The molecule has 1 aromatic heterocycles. The Balaban J connectivity index is 1.90. The molecule has 2 heterocycles. The molecule has 1 aliphatic rings. The number of ether oxygens (including phenoxy) is 1. The lowest BCUT2D eigenvalue weighted by Gasteiger charge is -2.26. The molecule has 0 amide bonds. The largest absolute Gasteiger partial charge is 0.466 e. The Morgan fingerprint density at radius 2 is 2.00 bits per heavy atom. The zero-order chi connectivity index (χ0) is 21.3. The Morgan fingerprint density at radius 3 is 2.70 bits per heavy atom. The SMILES string of the molecule is CCOC(=O)CC1CCCn2c1c(Cc1ccc(Cl)cc1)c1c(S(C)=O)cccc12. The van der Waals surface area contributed by atoms with Gasteiger partial charge in [0.1, 0.15) is 0 Å². The van der Waals surface area contributed by atoms with Crippen molar-refractivity contribution in [3.63, 3.8) is 0 Å².